The van der Waals surface area contributed by atoms with Crippen LogP contribution in [0.25, 0.3) is 11.3 Å². The summed E-state index contributed by atoms with van der Waals surface area (Å²) in [5.74, 6) is 1.28. The maximum absolute atomic E-state index is 6.27. The molecule has 0 unspecified atom stereocenters. The average molecular weight is 381 g/mol. The van der Waals surface area contributed by atoms with Gasteiger partial charge in [-0.1, -0.05) is 5.16 Å². The van der Waals surface area contributed by atoms with Gasteiger partial charge in [0.05, 0.1) is 17.5 Å². The standard InChI is InChI=1S/C21H27N5O2/c1-21(2)17-18(24-11-25-20(17)23)15-9-8-14(10-16(15)19(21)26-27-3)28-13-6-4-12(22)5-7-13/h8-13H,4-7,22H2,1-3H3,(H2,23,24,25)/b26-19-/t12-,13-. The highest BCUT2D eigenvalue weighted by Crippen LogP contribution is 2.45. The summed E-state index contributed by atoms with van der Waals surface area (Å²) in [7, 11) is 1.55. The van der Waals surface area contributed by atoms with Gasteiger partial charge in [0.25, 0.3) is 0 Å². The fourth-order valence-electron chi connectivity index (χ4n) is 4.33. The van der Waals surface area contributed by atoms with Gasteiger partial charge in [-0.05, 0) is 57.7 Å². The van der Waals surface area contributed by atoms with E-state index in [1.807, 2.05) is 18.2 Å². The molecule has 7 nitrogen and oxygen atoms in total. The van der Waals surface area contributed by atoms with E-state index in [9.17, 15) is 0 Å². The number of hydrogen-bond acceptors (Lipinski definition) is 7. The zero-order valence-electron chi connectivity index (χ0n) is 16.6. The number of rotatable bonds is 3. The first-order valence-electron chi connectivity index (χ1n) is 9.71. The van der Waals surface area contributed by atoms with Gasteiger partial charge < -0.3 is 21.0 Å². The van der Waals surface area contributed by atoms with Crippen molar-refractivity contribution in [3.8, 4) is 17.0 Å². The Morgan fingerprint density at radius 3 is 2.57 bits per heavy atom. The molecule has 4 N–H and O–H groups in total. The van der Waals surface area contributed by atoms with Crippen LogP contribution in [0.1, 0.15) is 50.7 Å². The Bertz CT molecular complexity index is 917. The summed E-state index contributed by atoms with van der Waals surface area (Å²) in [5, 5.41) is 4.35. The highest BCUT2D eigenvalue weighted by atomic mass is 16.6. The first kappa shape index (κ1) is 18.7. The van der Waals surface area contributed by atoms with Crippen molar-refractivity contribution in [2.75, 3.05) is 12.8 Å². The van der Waals surface area contributed by atoms with Crippen LogP contribution in [0.4, 0.5) is 5.82 Å². The lowest BCUT2D eigenvalue weighted by Gasteiger charge is -2.35. The smallest absolute Gasteiger partial charge is 0.131 e. The van der Waals surface area contributed by atoms with Gasteiger partial charge in [0.15, 0.2) is 0 Å². The van der Waals surface area contributed by atoms with E-state index in [1.165, 1.54) is 6.33 Å². The van der Waals surface area contributed by atoms with E-state index in [1.54, 1.807) is 7.11 Å². The summed E-state index contributed by atoms with van der Waals surface area (Å²) in [4.78, 5) is 13.9. The number of ether oxygens (including phenoxy) is 1. The van der Waals surface area contributed by atoms with Crippen molar-refractivity contribution in [2.45, 2.75) is 57.1 Å². The van der Waals surface area contributed by atoms with Gasteiger partial charge in [0.2, 0.25) is 0 Å². The summed E-state index contributed by atoms with van der Waals surface area (Å²) < 4.78 is 6.27. The Hall–Kier alpha value is -2.67. The normalized spacial score (nSPS) is 24.4. The summed E-state index contributed by atoms with van der Waals surface area (Å²) in [5.41, 5.74) is 16.1. The molecule has 0 radical (unpaired) electrons. The number of aromatic nitrogens is 2. The van der Waals surface area contributed by atoms with Crippen LogP contribution in [0.15, 0.2) is 29.7 Å². The lowest BCUT2D eigenvalue weighted by atomic mass is 9.70. The summed E-state index contributed by atoms with van der Waals surface area (Å²) >= 11 is 0. The van der Waals surface area contributed by atoms with Crippen LogP contribution in [0.2, 0.25) is 0 Å². The zero-order chi connectivity index (χ0) is 19.9. The molecule has 7 heteroatoms. The van der Waals surface area contributed by atoms with Gasteiger partial charge in [-0.15, -0.1) is 0 Å². The molecule has 1 heterocycles. The van der Waals surface area contributed by atoms with Crippen LogP contribution in [0, 0.1) is 0 Å². The van der Waals surface area contributed by atoms with E-state index in [0.29, 0.717) is 11.9 Å². The van der Waals surface area contributed by atoms with Crippen LogP contribution in [0.5, 0.6) is 5.75 Å². The lowest BCUT2D eigenvalue weighted by Crippen LogP contribution is -2.36. The Kier molecular flexibility index (Phi) is 4.71. The zero-order valence-corrected chi connectivity index (χ0v) is 16.6. The predicted molar refractivity (Wildman–Crippen MR) is 109 cm³/mol. The second-order valence-electron chi connectivity index (χ2n) is 8.09. The molecule has 0 saturated heterocycles. The number of nitrogens with two attached hydrogens (primary N) is 2. The molecule has 0 amide bonds. The monoisotopic (exact) mass is 381 g/mol. The van der Waals surface area contributed by atoms with E-state index >= 15 is 0 Å². The molecule has 1 fully saturated rings. The van der Waals surface area contributed by atoms with E-state index in [-0.39, 0.29) is 6.10 Å². The van der Waals surface area contributed by atoms with Crippen molar-refractivity contribution >= 4 is 11.5 Å². The molecule has 1 aromatic heterocycles. The van der Waals surface area contributed by atoms with Crippen LogP contribution in [-0.4, -0.2) is 34.9 Å². The molecule has 2 aromatic rings. The molecule has 2 aliphatic rings. The molecule has 0 bridgehead atoms. The van der Waals surface area contributed by atoms with Gasteiger partial charge in [0, 0.05) is 28.1 Å². The fourth-order valence-corrected chi connectivity index (χ4v) is 4.33. The largest absolute Gasteiger partial charge is 0.490 e. The number of nitrogen functional groups attached to an aromatic ring is 1. The van der Waals surface area contributed by atoms with Gasteiger partial charge in [0.1, 0.15) is 25.0 Å². The minimum absolute atomic E-state index is 0.197. The minimum Gasteiger partial charge on any atom is -0.490 e. The predicted octanol–water partition coefficient (Wildman–Crippen LogP) is 3.02. The quantitative estimate of drug-likeness (QED) is 0.791. The van der Waals surface area contributed by atoms with Crippen molar-refractivity contribution in [2.24, 2.45) is 10.9 Å². The van der Waals surface area contributed by atoms with Crippen LogP contribution < -0.4 is 16.2 Å². The summed E-state index contributed by atoms with van der Waals surface area (Å²) in [6.45, 7) is 4.12. The molecule has 0 aliphatic heterocycles. The number of anilines is 1. The van der Waals surface area contributed by atoms with E-state index in [2.05, 4.69) is 29.0 Å². The number of nitrogens with zero attached hydrogens (tertiary/aromatic N) is 3. The molecular weight excluding hydrogens is 354 g/mol. The third-order valence-corrected chi connectivity index (χ3v) is 5.80. The van der Waals surface area contributed by atoms with Crippen molar-refractivity contribution in [3.63, 3.8) is 0 Å². The van der Waals surface area contributed by atoms with Crippen molar-refractivity contribution in [1.82, 2.24) is 9.97 Å². The molecule has 1 saturated carbocycles. The fraction of sp³-hybridized carbons (Fsp3) is 0.476. The van der Waals surface area contributed by atoms with Gasteiger partial charge in [-0.25, -0.2) is 9.97 Å². The highest BCUT2D eigenvalue weighted by molar-refractivity contribution is 6.15. The Labute approximate surface area is 165 Å². The SMILES string of the molecule is CO/N=C1/c2cc(O[C@H]3CC[C@H](N)CC3)ccc2-c2ncnc(N)c2C1(C)C. The number of hydrogen-bond donors (Lipinski definition) is 2. The Morgan fingerprint density at radius 1 is 1.11 bits per heavy atom. The minimum atomic E-state index is -0.500. The van der Waals surface area contributed by atoms with Crippen LogP contribution >= 0.6 is 0 Å². The van der Waals surface area contributed by atoms with Crippen molar-refractivity contribution in [3.05, 3.63) is 35.7 Å². The first-order valence-corrected chi connectivity index (χ1v) is 9.71. The third kappa shape index (κ3) is 3.09. The number of oxime groups is 1. The van der Waals surface area contributed by atoms with Crippen LogP contribution in [0.3, 0.4) is 0 Å². The Balaban J connectivity index is 1.78. The molecule has 0 atom stereocenters. The van der Waals surface area contributed by atoms with Gasteiger partial charge in [-0.2, -0.15) is 0 Å². The molecule has 28 heavy (non-hydrogen) atoms. The molecule has 1 aromatic carbocycles. The van der Waals surface area contributed by atoms with Crippen molar-refractivity contribution in [1.29, 1.82) is 0 Å². The first-order chi connectivity index (χ1) is 13.4. The molecule has 4 rings (SSSR count). The number of benzene rings is 1. The summed E-state index contributed by atoms with van der Waals surface area (Å²) in [6, 6.07) is 6.33. The number of fused-ring (bicyclic) bond motifs is 3. The van der Waals surface area contributed by atoms with E-state index in [0.717, 1.165) is 59.5 Å². The van der Waals surface area contributed by atoms with Crippen molar-refractivity contribution < 1.29 is 9.57 Å². The average Bonchev–Trinajstić information content (AvgIpc) is 2.66. The topological polar surface area (TPSA) is 109 Å². The maximum atomic E-state index is 6.27. The van der Waals surface area contributed by atoms with Crippen LogP contribution in [-0.2, 0) is 10.3 Å². The molecule has 148 valence electrons. The second-order valence-corrected chi connectivity index (χ2v) is 8.09. The summed E-state index contributed by atoms with van der Waals surface area (Å²) in [6.07, 6.45) is 5.67. The highest BCUT2D eigenvalue weighted by Gasteiger charge is 2.41. The Morgan fingerprint density at radius 2 is 1.86 bits per heavy atom. The maximum Gasteiger partial charge on any atom is 0.131 e. The third-order valence-electron chi connectivity index (χ3n) is 5.80. The van der Waals surface area contributed by atoms with Gasteiger partial charge in [-0.3, -0.25) is 0 Å². The molecular formula is C21H27N5O2. The van der Waals surface area contributed by atoms with E-state index < -0.39 is 5.41 Å². The van der Waals surface area contributed by atoms with E-state index in [4.69, 9.17) is 21.0 Å². The lowest BCUT2D eigenvalue weighted by molar-refractivity contribution is 0.147. The molecule has 0 spiro atoms. The van der Waals surface area contributed by atoms with Gasteiger partial charge >= 0.3 is 0 Å². The molecule has 2 aliphatic carbocycles. The second kappa shape index (κ2) is 7.05.